The van der Waals surface area contributed by atoms with Crippen molar-refractivity contribution < 1.29 is 14.3 Å². The summed E-state index contributed by atoms with van der Waals surface area (Å²) in [5, 5.41) is 2.99. The Balaban J connectivity index is 1.29. The number of pyridine rings is 1. The van der Waals surface area contributed by atoms with Crippen molar-refractivity contribution in [3.05, 3.63) is 30.1 Å². The van der Waals surface area contributed by atoms with Gasteiger partial charge < -0.3 is 14.8 Å². The summed E-state index contributed by atoms with van der Waals surface area (Å²) in [6.45, 7) is 3.34. The lowest BCUT2D eigenvalue weighted by atomic mass is 9.96. The number of rotatable bonds is 4. The van der Waals surface area contributed by atoms with Gasteiger partial charge in [0.2, 0.25) is 5.91 Å². The molecule has 1 N–H and O–H groups in total. The number of nitrogens with one attached hydrogen (secondary N) is 1. The first kappa shape index (κ1) is 16.9. The van der Waals surface area contributed by atoms with Crippen LogP contribution >= 0.6 is 0 Å². The Labute approximate surface area is 148 Å². The van der Waals surface area contributed by atoms with Crippen molar-refractivity contribution >= 4 is 5.91 Å². The van der Waals surface area contributed by atoms with E-state index in [2.05, 4.69) is 15.2 Å². The molecule has 0 spiro atoms. The molecule has 0 radical (unpaired) electrons. The second-order valence-electron chi connectivity index (χ2n) is 7.26. The molecule has 3 fully saturated rings. The molecule has 4 heterocycles. The highest BCUT2D eigenvalue weighted by Gasteiger charge is 2.43. The van der Waals surface area contributed by atoms with Crippen molar-refractivity contribution in [3.8, 4) is 0 Å². The molecule has 0 unspecified atom stereocenters. The third-order valence-electron chi connectivity index (χ3n) is 5.73. The van der Waals surface area contributed by atoms with Crippen LogP contribution in [0, 0.1) is 0 Å². The molecule has 3 saturated heterocycles. The topological polar surface area (TPSA) is 63.7 Å². The highest BCUT2D eigenvalue weighted by Crippen LogP contribution is 2.34. The minimum absolute atomic E-state index is 0.00631. The van der Waals surface area contributed by atoms with Crippen LogP contribution in [-0.4, -0.2) is 59.8 Å². The molecule has 1 amide bonds. The van der Waals surface area contributed by atoms with Crippen molar-refractivity contribution in [2.45, 2.75) is 62.9 Å². The molecule has 3 atom stereocenters. The first-order valence-corrected chi connectivity index (χ1v) is 9.47. The number of hydrogen-bond donors (Lipinski definition) is 1. The van der Waals surface area contributed by atoms with Crippen molar-refractivity contribution in [2.75, 3.05) is 19.8 Å². The van der Waals surface area contributed by atoms with Gasteiger partial charge in [0.05, 0.1) is 6.10 Å². The Morgan fingerprint density at radius 3 is 2.92 bits per heavy atom. The van der Waals surface area contributed by atoms with Gasteiger partial charge in [0.25, 0.3) is 0 Å². The average molecular weight is 345 g/mol. The lowest BCUT2D eigenvalue weighted by Gasteiger charge is -2.40. The molecule has 0 aliphatic carbocycles. The maximum atomic E-state index is 12.5. The number of aromatic nitrogens is 1. The van der Waals surface area contributed by atoms with Gasteiger partial charge in [-0.3, -0.25) is 14.7 Å². The van der Waals surface area contributed by atoms with E-state index in [1.54, 1.807) is 12.4 Å². The molecular weight excluding hydrogens is 318 g/mol. The summed E-state index contributed by atoms with van der Waals surface area (Å²) >= 11 is 0. The molecule has 6 heteroatoms. The van der Waals surface area contributed by atoms with Gasteiger partial charge >= 0.3 is 0 Å². The normalized spacial score (nSPS) is 30.8. The highest BCUT2D eigenvalue weighted by atomic mass is 16.5. The number of ether oxygens (including phenoxy) is 2. The number of fused-ring (bicyclic) bond motifs is 1. The fourth-order valence-electron chi connectivity index (χ4n) is 4.43. The summed E-state index contributed by atoms with van der Waals surface area (Å²) in [6, 6.07) is 4.95. The van der Waals surface area contributed by atoms with E-state index in [1.807, 2.05) is 12.1 Å². The predicted molar refractivity (Wildman–Crippen MR) is 92.9 cm³/mol. The Hall–Kier alpha value is -1.50. The molecule has 136 valence electrons. The van der Waals surface area contributed by atoms with Gasteiger partial charge in [-0.25, -0.2) is 0 Å². The zero-order valence-electron chi connectivity index (χ0n) is 14.6. The summed E-state index contributed by atoms with van der Waals surface area (Å²) < 4.78 is 11.7. The van der Waals surface area contributed by atoms with E-state index in [-0.39, 0.29) is 18.1 Å². The molecule has 3 aliphatic heterocycles. The SMILES string of the molecule is O=C(NCc1cccnc1)[C@@H]1CC[C@@H]2[C@@H](CCN2C2CCOCC2)O1. The van der Waals surface area contributed by atoms with Crippen LogP contribution in [0.2, 0.25) is 0 Å². The number of nitrogens with zero attached hydrogens (tertiary/aromatic N) is 2. The number of hydrogen-bond acceptors (Lipinski definition) is 5. The third-order valence-corrected chi connectivity index (χ3v) is 5.73. The maximum absolute atomic E-state index is 12.5. The van der Waals surface area contributed by atoms with Gasteiger partial charge in [-0.2, -0.15) is 0 Å². The van der Waals surface area contributed by atoms with Crippen molar-refractivity contribution in [2.24, 2.45) is 0 Å². The van der Waals surface area contributed by atoms with Crippen molar-refractivity contribution in [1.29, 1.82) is 0 Å². The fourth-order valence-corrected chi connectivity index (χ4v) is 4.43. The van der Waals surface area contributed by atoms with Crippen LogP contribution in [0.25, 0.3) is 0 Å². The molecule has 1 aromatic heterocycles. The summed E-state index contributed by atoms with van der Waals surface area (Å²) in [7, 11) is 0. The molecule has 0 bridgehead atoms. The first-order chi connectivity index (χ1) is 12.3. The Bertz CT molecular complexity index is 577. The van der Waals surface area contributed by atoms with Crippen LogP contribution < -0.4 is 5.32 Å². The van der Waals surface area contributed by atoms with Gasteiger partial charge in [-0.15, -0.1) is 0 Å². The van der Waals surface area contributed by atoms with Crippen molar-refractivity contribution in [1.82, 2.24) is 15.2 Å². The second kappa shape index (κ2) is 7.81. The zero-order valence-corrected chi connectivity index (χ0v) is 14.6. The lowest BCUT2D eigenvalue weighted by Crippen LogP contribution is -2.50. The number of carbonyl (C=O) groups is 1. The Morgan fingerprint density at radius 2 is 2.12 bits per heavy atom. The van der Waals surface area contributed by atoms with Crippen molar-refractivity contribution in [3.63, 3.8) is 0 Å². The van der Waals surface area contributed by atoms with Gasteiger partial charge in [-0.05, 0) is 43.7 Å². The van der Waals surface area contributed by atoms with Crippen LogP contribution in [0.15, 0.2) is 24.5 Å². The first-order valence-electron chi connectivity index (χ1n) is 9.47. The third kappa shape index (κ3) is 3.86. The Morgan fingerprint density at radius 1 is 1.24 bits per heavy atom. The molecule has 6 nitrogen and oxygen atoms in total. The van der Waals surface area contributed by atoms with Crippen LogP contribution in [0.5, 0.6) is 0 Å². The van der Waals surface area contributed by atoms with Gasteiger partial charge in [-0.1, -0.05) is 6.07 Å². The highest BCUT2D eigenvalue weighted by molar-refractivity contribution is 5.80. The van der Waals surface area contributed by atoms with E-state index in [1.165, 1.54) is 0 Å². The monoisotopic (exact) mass is 345 g/mol. The summed E-state index contributed by atoms with van der Waals surface area (Å²) in [5.41, 5.74) is 1.01. The van der Waals surface area contributed by atoms with Crippen LogP contribution in [0.3, 0.4) is 0 Å². The largest absolute Gasteiger partial charge is 0.381 e. The maximum Gasteiger partial charge on any atom is 0.249 e. The quantitative estimate of drug-likeness (QED) is 0.896. The van der Waals surface area contributed by atoms with E-state index in [4.69, 9.17) is 9.47 Å². The minimum Gasteiger partial charge on any atom is -0.381 e. The van der Waals surface area contributed by atoms with Crippen LogP contribution in [0.4, 0.5) is 0 Å². The predicted octanol–water partition coefficient (Wildman–Crippen LogP) is 1.50. The van der Waals surface area contributed by atoms with Crippen LogP contribution in [-0.2, 0) is 20.8 Å². The molecule has 3 aliphatic rings. The number of carbonyl (C=O) groups excluding carboxylic acids is 1. The zero-order chi connectivity index (χ0) is 17.1. The van der Waals surface area contributed by atoms with E-state index in [0.717, 1.165) is 57.4 Å². The van der Waals surface area contributed by atoms with Crippen LogP contribution in [0.1, 0.15) is 37.7 Å². The Kier molecular flexibility index (Phi) is 5.29. The van der Waals surface area contributed by atoms with E-state index >= 15 is 0 Å². The fraction of sp³-hybridized carbons (Fsp3) is 0.684. The summed E-state index contributed by atoms with van der Waals surface area (Å²) in [4.78, 5) is 19.2. The number of likely N-dealkylation sites (tertiary alicyclic amines) is 1. The standard InChI is InChI=1S/C19H27N3O3/c23-19(21-13-14-2-1-8-20-12-14)18-4-3-16-17(25-18)5-9-22(16)15-6-10-24-11-7-15/h1-2,8,12,15-18H,3-7,9-11,13H2,(H,21,23)/t16-,17-,18+/m1/s1. The summed E-state index contributed by atoms with van der Waals surface area (Å²) in [6.07, 6.45) is 8.54. The van der Waals surface area contributed by atoms with Gasteiger partial charge in [0.1, 0.15) is 6.10 Å². The van der Waals surface area contributed by atoms with Gasteiger partial charge in [0, 0.05) is 50.8 Å². The minimum atomic E-state index is -0.312. The molecule has 4 rings (SSSR count). The molecule has 1 aromatic rings. The summed E-state index contributed by atoms with van der Waals surface area (Å²) in [5.74, 6) is 0.00631. The molecular formula is C19H27N3O3. The van der Waals surface area contributed by atoms with E-state index in [0.29, 0.717) is 18.6 Å². The molecule has 0 saturated carbocycles. The smallest absolute Gasteiger partial charge is 0.249 e. The molecule has 25 heavy (non-hydrogen) atoms. The number of amides is 1. The molecule has 0 aromatic carbocycles. The van der Waals surface area contributed by atoms with E-state index in [9.17, 15) is 4.79 Å². The lowest BCUT2D eigenvalue weighted by molar-refractivity contribution is -0.144. The average Bonchev–Trinajstić information content (AvgIpc) is 3.11. The van der Waals surface area contributed by atoms with Gasteiger partial charge in [0.15, 0.2) is 0 Å². The second-order valence-corrected chi connectivity index (χ2v) is 7.26. The van der Waals surface area contributed by atoms with E-state index < -0.39 is 0 Å².